The Morgan fingerprint density at radius 3 is 2.59 bits per heavy atom. The number of nitrogens with zero attached hydrogens (tertiary/aromatic N) is 4. The Hall–Kier alpha value is -3.35. The molecule has 5 rings (SSSR count). The van der Waals surface area contributed by atoms with E-state index in [1.807, 2.05) is 12.1 Å². The first-order chi connectivity index (χ1) is 18.7. The lowest BCUT2D eigenvalue weighted by atomic mass is 9.86. The average molecular weight is 576 g/mol. The molecule has 2 amide bonds. The Morgan fingerprint density at radius 1 is 1.15 bits per heavy atom. The summed E-state index contributed by atoms with van der Waals surface area (Å²) < 4.78 is 38.4. The zero-order valence-corrected chi connectivity index (χ0v) is 23.1. The zero-order valence-electron chi connectivity index (χ0n) is 21.5. The minimum Gasteiger partial charge on any atom is -0.487 e. The summed E-state index contributed by atoms with van der Waals surface area (Å²) in [4.78, 5) is 33.5. The summed E-state index contributed by atoms with van der Waals surface area (Å²) in [5, 5.41) is 3.47. The first kappa shape index (κ1) is 27.2. The minimum atomic E-state index is -3.92. The molecule has 0 bridgehead atoms. The molecule has 0 aliphatic carbocycles. The smallest absolute Gasteiger partial charge is 0.407 e. The van der Waals surface area contributed by atoms with Crippen molar-refractivity contribution < 1.29 is 27.5 Å². The molecule has 39 heavy (non-hydrogen) atoms. The van der Waals surface area contributed by atoms with Crippen molar-refractivity contribution in [2.45, 2.75) is 18.4 Å². The third kappa shape index (κ3) is 5.82. The topological polar surface area (TPSA) is 121 Å². The van der Waals surface area contributed by atoms with E-state index in [0.29, 0.717) is 42.3 Å². The average Bonchev–Trinajstić information content (AvgIpc) is 2.94. The number of pyridine rings is 1. The molecule has 0 saturated carbocycles. The van der Waals surface area contributed by atoms with E-state index in [-0.39, 0.29) is 43.6 Å². The van der Waals surface area contributed by atoms with E-state index < -0.39 is 21.7 Å². The number of hydrogen-bond donors (Lipinski definition) is 1. The summed E-state index contributed by atoms with van der Waals surface area (Å²) in [6.45, 7) is 1.51. The zero-order chi connectivity index (χ0) is 27.6. The van der Waals surface area contributed by atoms with Crippen LogP contribution in [-0.2, 0) is 19.6 Å². The van der Waals surface area contributed by atoms with Crippen molar-refractivity contribution in [3.8, 4) is 5.75 Å². The van der Waals surface area contributed by atoms with Crippen LogP contribution in [0, 0.1) is 0 Å². The van der Waals surface area contributed by atoms with E-state index in [9.17, 15) is 18.0 Å². The number of rotatable bonds is 6. The number of fused-ring (bicyclic) bond motifs is 1. The maximum Gasteiger partial charge on any atom is 0.407 e. The second-order valence-corrected chi connectivity index (χ2v) is 12.3. The summed E-state index contributed by atoms with van der Waals surface area (Å²) in [6, 6.07) is 8.87. The molecule has 13 heteroatoms. The molecule has 0 spiro atoms. The number of aromatic nitrogens is 1. The lowest BCUT2D eigenvalue weighted by molar-refractivity contribution is -0.135. The highest BCUT2D eigenvalue weighted by Gasteiger charge is 2.42. The van der Waals surface area contributed by atoms with E-state index in [2.05, 4.69) is 15.2 Å². The molecule has 3 aliphatic rings. The highest BCUT2D eigenvalue weighted by molar-refractivity contribution is 7.93. The monoisotopic (exact) mass is 575 g/mol. The van der Waals surface area contributed by atoms with Gasteiger partial charge in [0.15, 0.2) is 0 Å². The highest BCUT2D eigenvalue weighted by Crippen LogP contribution is 2.33. The number of carbonyl (C=O) groups excluding carboxylic acids is 2. The van der Waals surface area contributed by atoms with Crippen LogP contribution in [0.1, 0.15) is 18.4 Å². The summed E-state index contributed by atoms with van der Waals surface area (Å²) in [5.41, 5.74) is 0.958. The van der Waals surface area contributed by atoms with Crippen LogP contribution in [0.4, 0.5) is 10.5 Å². The summed E-state index contributed by atoms with van der Waals surface area (Å²) in [7, 11) is -2.61. The van der Waals surface area contributed by atoms with Crippen LogP contribution in [0.15, 0.2) is 47.6 Å². The molecule has 1 aromatic carbocycles. The molecular formula is C26H30ClN5O6S. The second-order valence-electron chi connectivity index (χ2n) is 9.82. The number of sulfonamides is 1. The number of anilines is 1. The van der Waals surface area contributed by atoms with Gasteiger partial charge >= 0.3 is 6.09 Å². The number of methoxy groups -OCH3 is 1. The van der Waals surface area contributed by atoms with Crippen molar-refractivity contribution in [2.75, 3.05) is 57.9 Å². The number of ether oxygens (including phenoxy) is 2. The van der Waals surface area contributed by atoms with Gasteiger partial charge < -0.3 is 24.6 Å². The van der Waals surface area contributed by atoms with Gasteiger partial charge in [0, 0.05) is 61.4 Å². The molecule has 11 nitrogen and oxygen atoms in total. The molecule has 2 saturated heterocycles. The number of benzene rings is 1. The second kappa shape index (κ2) is 11.0. The minimum absolute atomic E-state index is 0.0888. The van der Waals surface area contributed by atoms with Gasteiger partial charge in [0.25, 0.3) is 0 Å². The van der Waals surface area contributed by atoms with Gasteiger partial charge in [-0.15, -0.1) is 0 Å². The fourth-order valence-electron chi connectivity index (χ4n) is 5.19. The highest BCUT2D eigenvalue weighted by atomic mass is 35.5. The molecule has 2 fully saturated rings. The van der Waals surface area contributed by atoms with E-state index in [0.717, 1.165) is 5.69 Å². The number of nitrogens with one attached hydrogen (secondary N) is 1. The Balaban J connectivity index is 1.26. The lowest BCUT2D eigenvalue weighted by Gasteiger charge is -2.46. The van der Waals surface area contributed by atoms with E-state index >= 15 is 0 Å². The number of hydrogen-bond acceptors (Lipinski definition) is 8. The summed E-state index contributed by atoms with van der Waals surface area (Å²) >= 11 is 6.00. The first-order valence-electron chi connectivity index (χ1n) is 12.6. The van der Waals surface area contributed by atoms with Crippen LogP contribution in [0.25, 0.3) is 6.08 Å². The quantitative estimate of drug-likeness (QED) is 0.557. The third-order valence-electron chi connectivity index (χ3n) is 7.41. The third-order valence-corrected chi connectivity index (χ3v) is 9.54. The molecule has 208 valence electrons. The van der Waals surface area contributed by atoms with E-state index in [4.69, 9.17) is 21.1 Å². The predicted octanol–water partition coefficient (Wildman–Crippen LogP) is 2.34. The van der Waals surface area contributed by atoms with Gasteiger partial charge in [-0.3, -0.25) is 9.78 Å². The van der Waals surface area contributed by atoms with E-state index in [1.54, 1.807) is 41.6 Å². The van der Waals surface area contributed by atoms with Crippen LogP contribution in [0.3, 0.4) is 0 Å². The summed E-state index contributed by atoms with van der Waals surface area (Å²) in [6.07, 6.45) is 5.65. The molecule has 3 aliphatic heterocycles. The fourth-order valence-corrected chi connectivity index (χ4v) is 6.77. The van der Waals surface area contributed by atoms with Gasteiger partial charge in [-0.05, 0) is 49.2 Å². The van der Waals surface area contributed by atoms with Crippen molar-refractivity contribution in [3.05, 3.63) is 58.2 Å². The summed E-state index contributed by atoms with van der Waals surface area (Å²) in [5.74, 6) is 0.192. The van der Waals surface area contributed by atoms with Gasteiger partial charge in [-0.2, -0.15) is 4.31 Å². The standard InChI is InChI=1S/C26H30ClN5O6S/c1-37-25(34)29-26(6-10-30(11-7-26)21-4-8-28-9-5-21)18-31-12-13-32(16-24(31)33)39(35,36)22-14-19-2-3-20(27)15-23(19)38-17-22/h2-5,8-9,14-15H,6-7,10-13,16-18H2,1H3,(H,29,34). The van der Waals surface area contributed by atoms with Gasteiger partial charge in [-0.1, -0.05) is 11.6 Å². The van der Waals surface area contributed by atoms with Crippen molar-refractivity contribution in [2.24, 2.45) is 0 Å². The van der Waals surface area contributed by atoms with E-state index in [1.165, 1.54) is 11.4 Å². The fraction of sp³-hybridized carbons (Fsp3) is 0.423. The normalized spacial score (nSPS) is 19.5. The molecular weight excluding hydrogens is 546 g/mol. The number of piperazine rings is 1. The van der Waals surface area contributed by atoms with Crippen molar-refractivity contribution in [1.82, 2.24) is 19.5 Å². The largest absolute Gasteiger partial charge is 0.487 e. The molecule has 0 atom stereocenters. The van der Waals surface area contributed by atoms with Crippen LogP contribution >= 0.6 is 11.6 Å². The van der Waals surface area contributed by atoms with Crippen molar-refractivity contribution in [3.63, 3.8) is 0 Å². The van der Waals surface area contributed by atoms with Gasteiger partial charge in [0.1, 0.15) is 12.4 Å². The number of alkyl carbamates (subject to hydrolysis) is 1. The Morgan fingerprint density at radius 2 is 1.90 bits per heavy atom. The SMILES string of the molecule is COC(=O)NC1(CN2CCN(S(=O)(=O)C3=Cc4ccc(Cl)cc4OC3)CC2=O)CCN(c2ccncc2)CC1. The van der Waals surface area contributed by atoms with Crippen LogP contribution in [-0.4, -0.2) is 93.1 Å². The first-order valence-corrected chi connectivity index (χ1v) is 14.4. The predicted molar refractivity (Wildman–Crippen MR) is 146 cm³/mol. The number of amides is 2. The Kier molecular flexibility index (Phi) is 7.70. The number of piperidine rings is 1. The van der Waals surface area contributed by atoms with Gasteiger partial charge in [0.2, 0.25) is 15.9 Å². The van der Waals surface area contributed by atoms with Crippen molar-refractivity contribution >= 4 is 45.4 Å². The lowest BCUT2D eigenvalue weighted by Crippen LogP contribution is -2.64. The molecule has 2 aromatic rings. The number of carbonyl (C=O) groups is 2. The van der Waals surface area contributed by atoms with Crippen molar-refractivity contribution in [1.29, 1.82) is 0 Å². The maximum absolute atomic E-state index is 13.4. The molecule has 0 unspecified atom stereocenters. The molecule has 1 aromatic heterocycles. The molecule has 1 N–H and O–H groups in total. The van der Waals surface area contributed by atoms with Crippen LogP contribution in [0.5, 0.6) is 5.75 Å². The Labute approximate surface area is 232 Å². The van der Waals surface area contributed by atoms with Gasteiger partial charge in [-0.25, -0.2) is 13.2 Å². The molecule has 4 heterocycles. The molecule has 0 radical (unpaired) electrons. The maximum atomic E-state index is 13.4. The van der Waals surface area contributed by atoms with Crippen LogP contribution < -0.4 is 15.0 Å². The van der Waals surface area contributed by atoms with Crippen LogP contribution in [0.2, 0.25) is 5.02 Å². The van der Waals surface area contributed by atoms with Gasteiger partial charge in [0.05, 0.1) is 24.1 Å². The number of halogens is 1. The Bertz CT molecular complexity index is 1380.